The lowest BCUT2D eigenvalue weighted by atomic mass is 10.1. The van der Waals surface area contributed by atoms with Gasteiger partial charge in [-0.3, -0.25) is 4.79 Å². The Morgan fingerprint density at radius 3 is 2.36 bits per heavy atom. The topological polar surface area (TPSA) is 52.6 Å². The van der Waals surface area contributed by atoms with E-state index in [1.54, 1.807) is 11.8 Å². The summed E-state index contributed by atoms with van der Waals surface area (Å²) in [4.78, 5) is 27.9. The summed E-state index contributed by atoms with van der Waals surface area (Å²) in [6.45, 7) is 7.15. The SMILES string of the molecule is CC(C)CN1CCN(C(=O)Nc2ccc(C(F)(F)F)cc2)[C@H](C)C1=O. The van der Waals surface area contributed by atoms with E-state index in [2.05, 4.69) is 5.32 Å². The van der Waals surface area contributed by atoms with Crippen LogP contribution in [0.5, 0.6) is 0 Å². The summed E-state index contributed by atoms with van der Waals surface area (Å²) < 4.78 is 37.7. The van der Waals surface area contributed by atoms with Gasteiger partial charge in [0.15, 0.2) is 0 Å². The molecule has 25 heavy (non-hydrogen) atoms. The molecule has 0 bridgehead atoms. The Balaban J connectivity index is 2.00. The lowest BCUT2D eigenvalue weighted by molar-refractivity contribution is -0.139. The van der Waals surface area contributed by atoms with Gasteiger partial charge < -0.3 is 15.1 Å². The van der Waals surface area contributed by atoms with Gasteiger partial charge >= 0.3 is 12.2 Å². The summed E-state index contributed by atoms with van der Waals surface area (Å²) >= 11 is 0. The van der Waals surface area contributed by atoms with Crippen LogP contribution >= 0.6 is 0 Å². The van der Waals surface area contributed by atoms with E-state index in [0.29, 0.717) is 25.6 Å². The summed E-state index contributed by atoms with van der Waals surface area (Å²) in [7, 11) is 0. The van der Waals surface area contributed by atoms with Crippen molar-refractivity contribution in [2.45, 2.75) is 33.0 Å². The lowest BCUT2D eigenvalue weighted by Crippen LogP contribution is -2.58. The Hall–Kier alpha value is -2.25. The molecule has 0 spiro atoms. The second-order valence-corrected chi connectivity index (χ2v) is 6.55. The third-order valence-electron chi connectivity index (χ3n) is 4.06. The first-order valence-electron chi connectivity index (χ1n) is 8.13. The van der Waals surface area contributed by atoms with Crippen molar-refractivity contribution in [1.82, 2.24) is 9.80 Å². The van der Waals surface area contributed by atoms with Crippen LogP contribution in [0.15, 0.2) is 24.3 Å². The highest BCUT2D eigenvalue weighted by Crippen LogP contribution is 2.29. The number of nitrogens with one attached hydrogen (secondary N) is 1. The Morgan fingerprint density at radius 2 is 1.84 bits per heavy atom. The first-order valence-corrected chi connectivity index (χ1v) is 8.13. The summed E-state index contributed by atoms with van der Waals surface area (Å²) in [5.41, 5.74) is -0.529. The number of alkyl halides is 3. The molecule has 1 aliphatic rings. The van der Waals surface area contributed by atoms with Gasteiger partial charge in [-0.25, -0.2) is 4.79 Å². The Labute approximate surface area is 144 Å². The van der Waals surface area contributed by atoms with Crippen molar-refractivity contribution in [3.8, 4) is 0 Å². The molecule has 5 nitrogen and oxygen atoms in total. The molecule has 2 rings (SSSR count). The van der Waals surface area contributed by atoms with Crippen LogP contribution < -0.4 is 5.32 Å². The number of nitrogens with zero attached hydrogens (tertiary/aromatic N) is 2. The van der Waals surface area contributed by atoms with E-state index in [1.165, 1.54) is 17.0 Å². The Morgan fingerprint density at radius 1 is 1.24 bits per heavy atom. The predicted molar refractivity (Wildman–Crippen MR) is 88.0 cm³/mol. The number of hydrogen-bond acceptors (Lipinski definition) is 2. The van der Waals surface area contributed by atoms with Crippen molar-refractivity contribution in [1.29, 1.82) is 0 Å². The van der Waals surface area contributed by atoms with E-state index in [9.17, 15) is 22.8 Å². The molecule has 1 N–H and O–H groups in total. The van der Waals surface area contributed by atoms with Crippen molar-refractivity contribution >= 4 is 17.6 Å². The van der Waals surface area contributed by atoms with Crippen molar-refractivity contribution in [2.24, 2.45) is 5.92 Å². The number of benzene rings is 1. The van der Waals surface area contributed by atoms with E-state index in [4.69, 9.17) is 0 Å². The molecular weight excluding hydrogens is 335 g/mol. The van der Waals surface area contributed by atoms with E-state index in [1.807, 2.05) is 13.8 Å². The molecule has 1 aromatic rings. The first kappa shape index (κ1) is 19.1. The normalized spacial score (nSPS) is 18.7. The molecule has 8 heteroatoms. The van der Waals surface area contributed by atoms with Gasteiger partial charge in [0.1, 0.15) is 6.04 Å². The summed E-state index contributed by atoms with van der Waals surface area (Å²) in [6.07, 6.45) is -4.42. The van der Waals surface area contributed by atoms with E-state index < -0.39 is 23.8 Å². The standard InChI is InChI=1S/C17H22F3N3O2/c1-11(2)10-22-8-9-23(12(3)15(22)24)16(25)21-14-6-4-13(5-7-14)17(18,19)20/h4-7,11-12H,8-10H2,1-3H3,(H,21,25)/t12-/m1/s1. The molecule has 3 amide bonds. The van der Waals surface area contributed by atoms with Crippen LogP contribution in [0.25, 0.3) is 0 Å². The zero-order valence-corrected chi connectivity index (χ0v) is 14.4. The molecule has 0 saturated carbocycles. The van der Waals surface area contributed by atoms with Gasteiger partial charge in [0.25, 0.3) is 0 Å². The zero-order valence-electron chi connectivity index (χ0n) is 14.4. The number of rotatable bonds is 3. The lowest BCUT2D eigenvalue weighted by Gasteiger charge is -2.39. The Bertz CT molecular complexity index is 629. The Kier molecular flexibility index (Phi) is 5.59. The highest BCUT2D eigenvalue weighted by Gasteiger charge is 2.34. The molecule has 1 saturated heterocycles. The largest absolute Gasteiger partial charge is 0.416 e. The van der Waals surface area contributed by atoms with Gasteiger partial charge in [-0.05, 0) is 37.1 Å². The van der Waals surface area contributed by atoms with Crippen LogP contribution in [0, 0.1) is 5.92 Å². The minimum atomic E-state index is -4.42. The summed E-state index contributed by atoms with van der Waals surface area (Å²) in [5, 5.41) is 2.55. The molecule has 138 valence electrons. The fraction of sp³-hybridized carbons (Fsp3) is 0.529. The van der Waals surface area contributed by atoms with Gasteiger partial charge in [0.2, 0.25) is 5.91 Å². The number of halogens is 3. The van der Waals surface area contributed by atoms with Crippen molar-refractivity contribution in [3.05, 3.63) is 29.8 Å². The van der Waals surface area contributed by atoms with Crippen molar-refractivity contribution < 1.29 is 22.8 Å². The average molecular weight is 357 g/mol. The van der Waals surface area contributed by atoms with Crippen LogP contribution in [-0.2, 0) is 11.0 Å². The second-order valence-electron chi connectivity index (χ2n) is 6.55. The minimum Gasteiger partial charge on any atom is -0.339 e. The van der Waals surface area contributed by atoms with Crippen LogP contribution in [-0.4, -0.2) is 47.4 Å². The second kappa shape index (κ2) is 7.33. The minimum absolute atomic E-state index is 0.123. The van der Waals surface area contributed by atoms with Crippen LogP contribution in [0.1, 0.15) is 26.3 Å². The molecule has 0 radical (unpaired) electrons. The van der Waals surface area contributed by atoms with E-state index in [-0.39, 0.29) is 11.6 Å². The highest BCUT2D eigenvalue weighted by molar-refractivity contribution is 5.94. The van der Waals surface area contributed by atoms with Crippen molar-refractivity contribution in [2.75, 3.05) is 25.0 Å². The van der Waals surface area contributed by atoms with Crippen LogP contribution in [0.4, 0.5) is 23.7 Å². The average Bonchev–Trinajstić information content (AvgIpc) is 2.51. The summed E-state index contributed by atoms with van der Waals surface area (Å²) in [6, 6.07) is 3.10. The van der Waals surface area contributed by atoms with Gasteiger partial charge in [-0.1, -0.05) is 13.8 Å². The maximum absolute atomic E-state index is 12.6. The molecule has 1 fully saturated rings. The number of hydrogen-bond donors (Lipinski definition) is 1. The van der Waals surface area contributed by atoms with Crippen LogP contribution in [0.3, 0.4) is 0 Å². The molecule has 0 aliphatic carbocycles. The maximum Gasteiger partial charge on any atom is 0.416 e. The molecule has 1 aliphatic heterocycles. The number of piperazine rings is 1. The summed E-state index contributed by atoms with van der Waals surface area (Å²) in [5.74, 6) is 0.214. The molecule has 1 atom stereocenters. The van der Waals surface area contributed by atoms with Gasteiger partial charge in [0, 0.05) is 25.3 Å². The number of urea groups is 1. The van der Waals surface area contributed by atoms with Crippen molar-refractivity contribution in [3.63, 3.8) is 0 Å². The highest BCUT2D eigenvalue weighted by atomic mass is 19.4. The maximum atomic E-state index is 12.6. The smallest absolute Gasteiger partial charge is 0.339 e. The predicted octanol–water partition coefficient (Wildman–Crippen LogP) is 3.43. The van der Waals surface area contributed by atoms with Gasteiger partial charge in [-0.15, -0.1) is 0 Å². The van der Waals surface area contributed by atoms with Gasteiger partial charge in [0.05, 0.1) is 5.56 Å². The van der Waals surface area contributed by atoms with E-state index >= 15 is 0 Å². The first-order chi connectivity index (χ1) is 11.6. The molecule has 1 heterocycles. The zero-order chi connectivity index (χ0) is 18.8. The third-order valence-corrected chi connectivity index (χ3v) is 4.06. The molecule has 0 unspecified atom stereocenters. The van der Waals surface area contributed by atoms with E-state index in [0.717, 1.165) is 12.1 Å². The number of carbonyl (C=O) groups excluding carboxylic acids is 2. The number of amides is 3. The quantitative estimate of drug-likeness (QED) is 0.901. The number of anilines is 1. The molecule has 1 aromatic carbocycles. The fourth-order valence-corrected chi connectivity index (χ4v) is 2.77. The fourth-order valence-electron chi connectivity index (χ4n) is 2.77. The van der Waals surface area contributed by atoms with Gasteiger partial charge in [-0.2, -0.15) is 13.2 Å². The number of carbonyl (C=O) groups is 2. The van der Waals surface area contributed by atoms with Crippen LogP contribution in [0.2, 0.25) is 0 Å². The molecular formula is C17H22F3N3O2. The molecule has 0 aromatic heterocycles. The monoisotopic (exact) mass is 357 g/mol. The third kappa shape index (κ3) is 4.64.